The van der Waals surface area contributed by atoms with Crippen LogP contribution in [-0.2, 0) is 0 Å². The van der Waals surface area contributed by atoms with Crippen molar-refractivity contribution in [2.24, 2.45) is 0 Å². The highest BCUT2D eigenvalue weighted by Crippen LogP contribution is 2.49. The minimum absolute atomic E-state index is 0.0708. The van der Waals surface area contributed by atoms with Crippen molar-refractivity contribution in [1.29, 1.82) is 0 Å². The molecule has 0 spiro atoms. The van der Waals surface area contributed by atoms with Crippen molar-refractivity contribution in [1.82, 2.24) is 0 Å². The van der Waals surface area contributed by atoms with E-state index in [-0.39, 0.29) is 6.71 Å². The van der Waals surface area contributed by atoms with Crippen LogP contribution in [0.1, 0.15) is 0 Å². The third kappa shape index (κ3) is 4.28. The summed E-state index contributed by atoms with van der Waals surface area (Å²) < 4.78 is 1.31. The van der Waals surface area contributed by atoms with Crippen LogP contribution in [0, 0.1) is 0 Å². The summed E-state index contributed by atoms with van der Waals surface area (Å²) in [6, 6.07) is 74.9. The zero-order chi connectivity index (χ0) is 39.1. The van der Waals surface area contributed by atoms with Gasteiger partial charge in [0.15, 0.2) is 0 Å². The molecule has 0 fully saturated rings. The van der Waals surface area contributed by atoms with E-state index in [0.717, 1.165) is 0 Å². The number of benzene rings is 11. The zero-order valence-electron chi connectivity index (χ0n) is 32.4. The third-order valence-electron chi connectivity index (χ3n) is 13.4. The van der Waals surface area contributed by atoms with Crippen LogP contribution in [0.4, 0.5) is 33.4 Å². The fourth-order valence-corrected chi connectivity index (χ4v) is 12.2. The zero-order valence-corrected chi connectivity index (χ0v) is 33.2. The summed E-state index contributed by atoms with van der Waals surface area (Å²) in [4.78, 5) is 5.11. The van der Waals surface area contributed by atoms with Crippen molar-refractivity contribution in [2.45, 2.75) is 0 Å². The lowest BCUT2D eigenvalue weighted by Gasteiger charge is -2.43. The lowest BCUT2D eigenvalue weighted by molar-refractivity contribution is 1.27. The van der Waals surface area contributed by atoms with E-state index >= 15 is 0 Å². The summed E-state index contributed by atoms with van der Waals surface area (Å²) in [5, 5.41) is 18.1. The molecule has 2 nitrogen and oxygen atoms in total. The topological polar surface area (TPSA) is 6.48 Å². The van der Waals surface area contributed by atoms with Crippen LogP contribution in [0.3, 0.4) is 0 Å². The molecule has 0 aliphatic carbocycles. The van der Waals surface area contributed by atoms with Crippen molar-refractivity contribution >= 4 is 143 Å². The molecule has 0 N–H and O–H groups in total. The van der Waals surface area contributed by atoms with Crippen molar-refractivity contribution < 1.29 is 0 Å². The Balaban J connectivity index is 1.06. The standard InChI is InChI=1S/C56H33BN2S/c1-3-18-40-36(14-1)38-16-5-7-20-42(38)47-32-34(28-30-44(40)47)58-50-24-11-10-23-49(50)57-54-46-22-9-12-27-53(46)60-56(54)59(52-26-13-25-51(58)55(52)57)35-29-31-45-41-19-4-2-15-37(41)39-17-6-8-21-43(39)48(45)33-35/h1-33H. The van der Waals surface area contributed by atoms with Crippen LogP contribution >= 0.6 is 11.3 Å². The van der Waals surface area contributed by atoms with Crippen LogP contribution in [0.2, 0.25) is 0 Å². The minimum Gasteiger partial charge on any atom is -0.311 e. The number of hydrogen-bond acceptors (Lipinski definition) is 3. The average molecular weight is 777 g/mol. The minimum atomic E-state index is 0.0708. The van der Waals surface area contributed by atoms with Crippen LogP contribution in [0.15, 0.2) is 200 Å². The van der Waals surface area contributed by atoms with Gasteiger partial charge in [0.05, 0.1) is 5.00 Å². The first-order valence-electron chi connectivity index (χ1n) is 20.8. The van der Waals surface area contributed by atoms with E-state index in [1.165, 1.54) is 125 Å². The fourth-order valence-electron chi connectivity index (χ4n) is 11.0. The molecular formula is C56H33BN2S. The van der Waals surface area contributed by atoms with Gasteiger partial charge >= 0.3 is 0 Å². The second-order valence-electron chi connectivity index (χ2n) is 16.3. The number of para-hydroxylation sites is 1. The van der Waals surface area contributed by atoms with Crippen molar-refractivity contribution in [2.75, 3.05) is 9.80 Å². The summed E-state index contributed by atoms with van der Waals surface area (Å²) >= 11 is 1.91. The molecule has 14 rings (SSSR count). The van der Waals surface area contributed by atoms with E-state index in [4.69, 9.17) is 0 Å². The maximum absolute atomic E-state index is 2.57. The van der Waals surface area contributed by atoms with Crippen molar-refractivity contribution in [3.05, 3.63) is 200 Å². The Morgan fingerprint density at radius 3 is 1.25 bits per heavy atom. The molecule has 0 saturated carbocycles. The van der Waals surface area contributed by atoms with Crippen molar-refractivity contribution in [3.63, 3.8) is 0 Å². The Morgan fingerprint density at radius 1 is 0.300 bits per heavy atom. The molecule has 0 saturated heterocycles. The van der Waals surface area contributed by atoms with Crippen LogP contribution in [-0.4, -0.2) is 6.71 Å². The average Bonchev–Trinajstić information content (AvgIpc) is 3.70. The first-order chi connectivity index (χ1) is 29.8. The Labute approximate surface area is 350 Å². The number of fused-ring (bicyclic) bond motifs is 18. The van der Waals surface area contributed by atoms with Gasteiger partial charge in [-0.05, 0) is 135 Å². The van der Waals surface area contributed by atoms with E-state index < -0.39 is 0 Å². The molecular weight excluding hydrogens is 744 g/mol. The molecule has 1 aromatic heterocycles. The molecule has 11 aromatic carbocycles. The Hall–Kier alpha value is -7.40. The summed E-state index contributed by atoms with van der Waals surface area (Å²) in [7, 11) is 0. The number of thiophene rings is 1. The van der Waals surface area contributed by atoms with Gasteiger partial charge in [0.25, 0.3) is 6.71 Å². The normalized spacial score (nSPS) is 13.2. The molecule has 2 aliphatic heterocycles. The number of anilines is 6. The van der Waals surface area contributed by atoms with Crippen LogP contribution < -0.4 is 26.2 Å². The highest BCUT2D eigenvalue weighted by Gasteiger charge is 2.45. The molecule has 2 aliphatic rings. The first-order valence-corrected chi connectivity index (χ1v) is 21.6. The summed E-state index contributed by atoms with van der Waals surface area (Å²) in [5.41, 5.74) is 10.1. The Kier molecular flexibility index (Phi) is 6.55. The van der Waals surface area contributed by atoms with Gasteiger partial charge in [-0.15, -0.1) is 11.3 Å². The fraction of sp³-hybridized carbons (Fsp3) is 0. The molecule has 0 radical (unpaired) electrons. The number of rotatable bonds is 2. The van der Waals surface area contributed by atoms with Gasteiger partial charge in [-0.3, -0.25) is 0 Å². The first kappa shape index (κ1) is 32.5. The number of nitrogens with zero attached hydrogens (tertiary/aromatic N) is 2. The monoisotopic (exact) mass is 776 g/mol. The van der Waals surface area contributed by atoms with Gasteiger partial charge in [-0.1, -0.05) is 152 Å². The predicted octanol–water partition coefficient (Wildman–Crippen LogP) is 13.9. The molecule has 3 heterocycles. The summed E-state index contributed by atoms with van der Waals surface area (Å²) in [6.07, 6.45) is 0. The van der Waals surface area contributed by atoms with Gasteiger partial charge in [0, 0.05) is 33.1 Å². The predicted molar refractivity (Wildman–Crippen MR) is 261 cm³/mol. The maximum Gasteiger partial charge on any atom is 0.254 e. The smallest absolute Gasteiger partial charge is 0.254 e. The highest BCUT2D eigenvalue weighted by atomic mass is 32.1. The summed E-state index contributed by atoms with van der Waals surface area (Å²) in [6.45, 7) is 0.0708. The van der Waals surface area contributed by atoms with Crippen LogP contribution in [0.5, 0.6) is 0 Å². The van der Waals surface area contributed by atoms with Gasteiger partial charge in [0.2, 0.25) is 0 Å². The van der Waals surface area contributed by atoms with Gasteiger partial charge in [0.1, 0.15) is 0 Å². The van der Waals surface area contributed by atoms with E-state index in [2.05, 4.69) is 210 Å². The van der Waals surface area contributed by atoms with E-state index in [9.17, 15) is 0 Å². The molecule has 0 bridgehead atoms. The van der Waals surface area contributed by atoms with Gasteiger partial charge < -0.3 is 9.80 Å². The summed E-state index contributed by atoms with van der Waals surface area (Å²) in [5.74, 6) is 0. The molecule has 0 unspecified atom stereocenters. The van der Waals surface area contributed by atoms with E-state index in [1.807, 2.05) is 11.3 Å². The second kappa shape index (κ2) is 12.1. The molecule has 12 aromatic rings. The second-order valence-corrected chi connectivity index (χ2v) is 17.4. The van der Waals surface area contributed by atoms with E-state index in [1.54, 1.807) is 0 Å². The Bertz CT molecular complexity index is 3760. The lowest BCUT2D eigenvalue weighted by atomic mass is 9.33. The van der Waals surface area contributed by atoms with Crippen molar-refractivity contribution in [3.8, 4) is 0 Å². The molecule has 0 amide bonds. The molecule has 276 valence electrons. The largest absolute Gasteiger partial charge is 0.311 e. The van der Waals surface area contributed by atoms with E-state index in [0.29, 0.717) is 0 Å². The SMILES string of the molecule is c1ccc2c(c1)B1c3c(cccc3N(c3ccc4c5ccccc5c5ccccc5c4c3)c3sc4ccccc4c31)N2c1ccc2c3ccccc3c3ccccc3c2c1. The van der Waals surface area contributed by atoms with Gasteiger partial charge in [-0.2, -0.15) is 0 Å². The maximum atomic E-state index is 2.57. The third-order valence-corrected chi connectivity index (χ3v) is 14.6. The number of hydrogen-bond donors (Lipinski definition) is 0. The quantitative estimate of drug-likeness (QED) is 0.127. The Morgan fingerprint density at radius 2 is 0.700 bits per heavy atom. The van der Waals surface area contributed by atoms with Crippen LogP contribution in [0.25, 0.3) is 74.7 Å². The van der Waals surface area contributed by atoms with Gasteiger partial charge in [-0.25, -0.2) is 0 Å². The molecule has 60 heavy (non-hydrogen) atoms. The molecule has 4 heteroatoms. The lowest BCUT2D eigenvalue weighted by Crippen LogP contribution is -2.61. The highest BCUT2D eigenvalue weighted by molar-refractivity contribution is 7.26. The molecule has 0 atom stereocenters.